The topological polar surface area (TPSA) is 58.5 Å². The molecule has 118 valence electrons. The first-order valence-electron chi connectivity index (χ1n) is 7.70. The first-order valence-corrected chi connectivity index (χ1v) is 9.36. The van der Waals surface area contributed by atoms with Crippen LogP contribution in [0.2, 0.25) is 0 Å². The Bertz CT molecular complexity index is 612. The van der Waals surface area contributed by atoms with E-state index < -0.39 is 6.10 Å². The van der Waals surface area contributed by atoms with Gasteiger partial charge in [-0.15, -0.1) is 11.3 Å². The van der Waals surface area contributed by atoms with Crippen molar-refractivity contribution in [3.63, 3.8) is 0 Å². The fourth-order valence-electron chi connectivity index (χ4n) is 2.81. The number of aromatic nitrogens is 2. The summed E-state index contributed by atoms with van der Waals surface area (Å²) in [7, 11) is 0. The predicted molar refractivity (Wildman–Crippen MR) is 87.7 cm³/mol. The fourth-order valence-corrected chi connectivity index (χ4v) is 4.38. The summed E-state index contributed by atoms with van der Waals surface area (Å²) >= 11 is 3.08. The standard InChI is InChI=1S/C15H19N3O2S2/c19-12(13-2-1-7-21-13)8-11-9-20-6-5-18(11)15-16-14(17-22-15)10-3-4-10/h1-2,7,10-12,19H,3-6,8-9H2/t11-,12-/m1/s1. The summed E-state index contributed by atoms with van der Waals surface area (Å²) in [4.78, 5) is 8.00. The number of aliphatic hydroxyl groups is 1. The third-order valence-corrected chi connectivity index (χ3v) is 5.95. The van der Waals surface area contributed by atoms with Crippen LogP contribution in [-0.4, -0.2) is 40.3 Å². The van der Waals surface area contributed by atoms with E-state index in [1.807, 2.05) is 17.5 Å². The van der Waals surface area contributed by atoms with Crippen LogP contribution in [0.15, 0.2) is 17.5 Å². The summed E-state index contributed by atoms with van der Waals surface area (Å²) in [6.07, 6.45) is 2.67. The van der Waals surface area contributed by atoms with Crippen molar-refractivity contribution in [2.75, 3.05) is 24.7 Å². The Morgan fingerprint density at radius 1 is 1.45 bits per heavy atom. The number of hydrogen-bond acceptors (Lipinski definition) is 7. The van der Waals surface area contributed by atoms with Crippen LogP contribution >= 0.6 is 22.9 Å². The number of nitrogens with zero attached hydrogens (tertiary/aromatic N) is 3. The summed E-state index contributed by atoms with van der Waals surface area (Å²) in [5.41, 5.74) is 0. The molecular formula is C15H19N3O2S2. The van der Waals surface area contributed by atoms with Crippen LogP contribution in [0.25, 0.3) is 0 Å². The van der Waals surface area contributed by atoms with E-state index in [2.05, 4.69) is 9.27 Å². The van der Waals surface area contributed by atoms with Crippen molar-refractivity contribution in [2.45, 2.75) is 37.3 Å². The largest absolute Gasteiger partial charge is 0.387 e. The quantitative estimate of drug-likeness (QED) is 0.909. The molecule has 0 bridgehead atoms. The van der Waals surface area contributed by atoms with E-state index in [-0.39, 0.29) is 6.04 Å². The highest BCUT2D eigenvalue weighted by atomic mass is 32.1. The number of morpholine rings is 1. The van der Waals surface area contributed by atoms with E-state index in [1.54, 1.807) is 11.3 Å². The molecule has 3 heterocycles. The van der Waals surface area contributed by atoms with Crippen molar-refractivity contribution < 1.29 is 9.84 Å². The molecule has 0 amide bonds. The van der Waals surface area contributed by atoms with Gasteiger partial charge in [0.2, 0.25) is 5.13 Å². The molecule has 2 atom stereocenters. The van der Waals surface area contributed by atoms with Crippen molar-refractivity contribution in [3.8, 4) is 0 Å². The van der Waals surface area contributed by atoms with Gasteiger partial charge in [0.05, 0.1) is 25.4 Å². The first-order chi connectivity index (χ1) is 10.8. The lowest BCUT2D eigenvalue weighted by Crippen LogP contribution is -2.46. The molecule has 1 N–H and O–H groups in total. The smallest absolute Gasteiger partial charge is 0.205 e. The summed E-state index contributed by atoms with van der Waals surface area (Å²) in [6.45, 7) is 2.17. The van der Waals surface area contributed by atoms with E-state index >= 15 is 0 Å². The van der Waals surface area contributed by atoms with Gasteiger partial charge in [0.15, 0.2) is 0 Å². The minimum absolute atomic E-state index is 0.158. The van der Waals surface area contributed by atoms with Crippen molar-refractivity contribution in [1.29, 1.82) is 0 Å². The normalized spacial score (nSPS) is 23.7. The van der Waals surface area contributed by atoms with E-state index in [0.717, 1.165) is 22.4 Å². The maximum Gasteiger partial charge on any atom is 0.205 e. The molecule has 2 aliphatic rings. The SMILES string of the molecule is O[C@H](C[C@@H]1COCCN1c1nc(C2CC2)ns1)c1cccs1. The Hall–Kier alpha value is -1.02. The molecule has 1 saturated carbocycles. The van der Waals surface area contributed by atoms with Gasteiger partial charge in [-0.1, -0.05) is 6.07 Å². The zero-order valence-electron chi connectivity index (χ0n) is 12.2. The molecule has 7 heteroatoms. The number of hydrogen-bond donors (Lipinski definition) is 1. The molecule has 0 unspecified atom stereocenters. The molecule has 4 rings (SSSR count). The highest BCUT2D eigenvalue weighted by Crippen LogP contribution is 2.40. The van der Waals surface area contributed by atoms with Crippen LogP contribution in [0.5, 0.6) is 0 Å². The van der Waals surface area contributed by atoms with Crippen LogP contribution in [0.3, 0.4) is 0 Å². The maximum absolute atomic E-state index is 10.4. The van der Waals surface area contributed by atoms with Crippen molar-refractivity contribution in [2.24, 2.45) is 0 Å². The van der Waals surface area contributed by atoms with Gasteiger partial charge in [-0.25, -0.2) is 4.98 Å². The molecular weight excluding hydrogens is 318 g/mol. The Balaban J connectivity index is 1.48. The van der Waals surface area contributed by atoms with Crippen LogP contribution in [0, 0.1) is 0 Å². The van der Waals surface area contributed by atoms with Gasteiger partial charge in [-0.05, 0) is 24.3 Å². The third-order valence-electron chi connectivity index (χ3n) is 4.21. The van der Waals surface area contributed by atoms with E-state index in [4.69, 9.17) is 9.72 Å². The molecule has 2 aromatic heterocycles. The third kappa shape index (κ3) is 3.03. The molecule has 22 heavy (non-hydrogen) atoms. The van der Waals surface area contributed by atoms with Crippen LogP contribution in [0.4, 0.5) is 5.13 Å². The maximum atomic E-state index is 10.4. The summed E-state index contributed by atoms with van der Waals surface area (Å²) < 4.78 is 10.1. The summed E-state index contributed by atoms with van der Waals surface area (Å²) in [6, 6.07) is 4.12. The average molecular weight is 337 g/mol. The molecule has 1 aliphatic carbocycles. The number of thiophene rings is 1. The molecule has 5 nitrogen and oxygen atoms in total. The zero-order valence-corrected chi connectivity index (χ0v) is 13.9. The minimum Gasteiger partial charge on any atom is -0.387 e. The molecule has 1 aliphatic heterocycles. The van der Waals surface area contributed by atoms with Crippen LogP contribution in [-0.2, 0) is 4.74 Å². The molecule has 0 aromatic carbocycles. The van der Waals surface area contributed by atoms with Crippen LogP contribution < -0.4 is 4.90 Å². The lowest BCUT2D eigenvalue weighted by molar-refractivity contribution is 0.0688. The van der Waals surface area contributed by atoms with Crippen molar-refractivity contribution in [3.05, 3.63) is 28.2 Å². The van der Waals surface area contributed by atoms with E-state index in [1.165, 1.54) is 24.4 Å². The van der Waals surface area contributed by atoms with Crippen LogP contribution in [0.1, 0.15) is 42.0 Å². The number of rotatable bonds is 5. The van der Waals surface area contributed by atoms with Gasteiger partial charge in [0, 0.05) is 35.3 Å². The van der Waals surface area contributed by atoms with Crippen molar-refractivity contribution >= 4 is 28.0 Å². The predicted octanol–water partition coefficient (Wildman–Crippen LogP) is 2.81. The second-order valence-corrected chi connectivity index (χ2v) is 7.61. The monoisotopic (exact) mass is 337 g/mol. The Labute approximate surface area is 137 Å². The second-order valence-electron chi connectivity index (χ2n) is 5.90. The Morgan fingerprint density at radius 2 is 2.36 bits per heavy atom. The van der Waals surface area contributed by atoms with Gasteiger partial charge in [-0.2, -0.15) is 4.37 Å². The zero-order chi connectivity index (χ0) is 14.9. The molecule has 2 aromatic rings. The molecule has 0 spiro atoms. The number of anilines is 1. The Kier molecular flexibility index (Phi) is 4.13. The van der Waals surface area contributed by atoms with Gasteiger partial charge in [0.1, 0.15) is 5.82 Å². The lowest BCUT2D eigenvalue weighted by Gasteiger charge is -2.36. The van der Waals surface area contributed by atoms with Gasteiger partial charge < -0.3 is 14.7 Å². The highest BCUT2D eigenvalue weighted by molar-refractivity contribution is 7.10. The van der Waals surface area contributed by atoms with Gasteiger partial charge in [0.25, 0.3) is 0 Å². The highest BCUT2D eigenvalue weighted by Gasteiger charge is 2.32. The Morgan fingerprint density at radius 3 is 3.14 bits per heavy atom. The van der Waals surface area contributed by atoms with E-state index in [9.17, 15) is 5.11 Å². The van der Waals surface area contributed by atoms with E-state index in [0.29, 0.717) is 25.6 Å². The molecule has 1 saturated heterocycles. The number of aliphatic hydroxyl groups excluding tert-OH is 1. The fraction of sp³-hybridized carbons (Fsp3) is 0.600. The average Bonchev–Trinajstić information content (AvgIpc) is 3.05. The second kappa shape index (κ2) is 6.23. The first kappa shape index (κ1) is 14.6. The minimum atomic E-state index is -0.440. The summed E-state index contributed by atoms with van der Waals surface area (Å²) in [5.74, 6) is 1.59. The lowest BCUT2D eigenvalue weighted by atomic mass is 10.1. The summed E-state index contributed by atoms with van der Waals surface area (Å²) in [5, 5.41) is 13.4. The van der Waals surface area contributed by atoms with Gasteiger partial charge in [-0.3, -0.25) is 0 Å². The van der Waals surface area contributed by atoms with Crippen molar-refractivity contribution in [1.82, 2.24) is 9.36 Å². The molecule has 2 fully saturated rings. The van der Waals surface area contributed by atoms with Gasteiger partial charge >= 0.3 is 0 Å². The number of ether oxygens (including phenoxy) is 1. The molecule has 0 radical (unpaired) electrons.